The first-order valence-electron chi connectivity index (χ1n) is 10.1. The standard InChI is InChI=1S/C23H29N3O2S/c1-17-4-7-20(8-5-17)24-22(27)15-25-10-12-26(13-11-25)23(28)16-29-21-9-6-18(2)14-19(21)3/h4-9,14H,10-13,15-16H2,1-3H3,(H,24,27)/p+1. The number of hydrogen-bond donors (Lipinski definition) is 2. The summed E-state index contributed by atoms with van der Waals surface area (Å²) < 4.78 is 0. The zero-order valence-corrected chi connectivity index (χ0v) is 18.3. The third-order valence-electron chi connectivity index (χ3n) is 5.25. The fraction of sp³-hybridized carbons (Fsp3) is 0.391. The number of carbonyl (C=O) groups is 2. The van der Waals surface area contributed by atoms with E-state index in [0.717, 1.165) is 18.8 Å². The molecule has 2 aromatic carbocycles. The molecular formula is C23H30N3O2S+. The lowest BCUT2D eigenvalue weighted by atomic mass is 10.2. The van der Waals surface area contributed by atoms with Gasteiger partial charge >= 0.3 is 0 Å². The molecular weight excluding hydrogens is 382 g/mol. The molecule has 1 saturated heterocycles. The van der Waals surface area contributed by atoms with E-state index in [2.05, 4.69) is 37.4 Å². The van der Waals surface area contributed by atoms with E-state index >= 15 is 0 Å². The number of hydrogen-bond acceptors (Lipinski definition) is 3. The van der Waals surface area contributed by atoms with E-state index in [1.807, 2.05) is 36.1 Å². The molecule has 0 unspecified atom stereocenters. The number of rotatable bonds is 6. The molecule has 3 rings (SSSR count). The molecule has 0 aromatic heterocycles. The van der Waals surface area contributed by atoms with E-state index in [9.17, 15) is 9.59 Å². The van der Waals surface area contributed by atoms with Crippen LogP contribution in [0.25, 0.3) is 0 Å². The number of carbonyl (C=O) groups excluding carboxylic acids is 2. The second-order valence-corrected chi connectivity index (χ2v) is 8.80. The Hall–Kier alpha value is -2.31. The molecule has 2 amide bonds. The summed E-state index contributed by atoms with van der Waals surface area (Å²) in [6.45, 7) is 9.66. The van der Waals surface area contributed by atoms with Crippen molar-refractivity contribution in [1.29, 1.82) is 0 Å². The van der Waals surface area contributed by atoms with E-state index in [0.29, 0.717) is 25.4 Å². The lowest BCUT2D eigenvalue weighted by Crippen LogP contribution is -3.15. The van der Waals surface area contributed by atoms with Crippen molar-refractivity contribution >= 4 is 29.3 Å². The van der Waals surface area contributed by atoms with Crippen molar-refractivity contribution < 1.29 is 14.5 Å². The number of anilines is 1. The van der Waals surface area contributed by atoms with Crippen LogP contribution in [0.2, 0.25) is 0 Å². The molecule has 2 N–H and O–H groups in total. The Labute approximate surface area is 177 Å². The smallest absolute Gasteiger partial charge is 0.279 e. The van der Waals surface area contributed by atoms with Crippen LogP contribution in [0.1, 0.15) is 16.7 Å². The van der Waals surface area contributed by atoms with Crippen molar-refractivity contribution in [3.8, 4) is 0 Å². The highest BCUT2D eigenvalue weighted by Crippen LogP contribution is 2.23. The van der Waals surface area contributed by atoms with Gasteiger partial charge in [0.15, 0.2) is 6.54 Å². The van der Waals surface area contributed by atoms with Crippen LogP contribution in [0.5, 0.6) is 0 Å². The highest BCUT2D eigenvalue weighted by molar-refractivity contribution is 8.00. The van der Waals surface area contributed by atoms with Gasteiger partial charge in [-0.05, 0) is 44.5 Å². The highest BCUT2D eigenvalue weighted by atomic mass is 32.2. The summed E-state index contributed by atoms with van der Waals surface area (Å²) >= 11 is 1.61. The molecule has 0 atom stereocenters. The van der Waals surface area contributed by atoms with Gasteiger partial charge in [0.1, 0.15) is 0 Å². The SMILES string of the molecule is Cc1ccc(NC(=O)C[NH+]2CCN(C(=O)CSc3ccc(C)cc3C)CC2)cc1. The first kappa shape index (κ1) is 21.4. The molecule has 1 aliphatic rings. The highest BCUT2D eigenvalue weighted by Gasteiger charge is 2.25. The van der Waals surface area contributed by atoms with Crippen LogP contribution >= 0.6 is 11.8 Å². The van der Waals surface area contributed by atoms with Crippen LogP contribution in [0, 0.1) is 20.8 Å². The summed E-state index contributed by atoms with van der Waals surface area (Å²) in [7, 11) is 0. The van der Waals surface area contributed by atoms with Gasteiger partial charge in [0.2, 0.25) is 5.91 Å². The average molecular weight is 413 g/mol. The van der Waals surface area contributed by atoms with Crippen LogP contribution in [-0.2, 0) is 9.59 Å². The van der Waals surface area contributed by atoms with E-state index in [1.165, 1.54) is 26.5 Å². The van der Waals surface area contributed by atoms with Gasteiger partial charge in [-0.1, -0.05) is 35.4 Å². The third-order valence-corrected chi connectivity index (χ3v) is 6.41. The fourth-order valence-electron chi connectivity index (χ4n) is 3.51. The summed E-state index contributed by atoms with van der Waals surface area (Å²) in [4.78, 5) is 29.2. The van der Waals surface area contributed by atoms with E-state index in [4.69, 9.17) is 0 Å². The quantitative estimate of drug-likeness (QED) is 0.715. The average Bonchev–Trinajstić information content (AvgIpc) is 2.69. The number of amides is 2. The fourth-order valence-corrected chi connectivity index (χ4v) is 4.42. The van der Waals surface area contributed by atoms with E-state index in [-0.39, 0.29) is 11.8 Å². The number of quaternary nitrogens is 1. The van der Waals surface area contributed by atoms with Crippen LogP contribution in [0.3, 0.4) is 0 Å². The second kappa shape index (κ2) is 9.94. The lowest BCUT2D eigenvalue weighted by molar-refractivity contribution is -0.895. The van der Waals surface area contributed by atoms with Crippen LogP contribution in [0.15, 0.2) is 47.4 Å². The van der Waals surface area contributed by atoms with E-state index in [1.54, 1.807) is 11.8 Å². The maximum Gasteiger partial charge on any atom is 0.279 e. The Kier molecular flexibility index (Phi) is 7.34. The van der Waals surface area contributed by atoms with Gasteiger partial charge in [-0.2, -0.15) is 0 Å². The van der Waals surface area contributed by atoms with Gasteiger partial charge in [0.05, 0.1) is 31.9 Å². The molecule has 1 aliphatic heterocycles. The number of nitrogens with one attached hydrogen (secondary N) is 2. The zero-order valence-electron chi connectivity index (χ0n) is 17.5. The molecule has 0 spiro atoms. The van der Waals surface area contributed by atoms with Crippen molar-refractivity contribution in [1.82, 2.24) is 4.90 Å². The lowest BCUT2D eigenvalue weighted by Gasteiger charge is -2.31. The predicted molar refractivity (Wildman–Crippen MR) is 119 cm³/mol. The zero-order chi connectivity index (χ0) is 20.8. The van der Waals surface area contributed by atoms with E-state index < -0.39 is 0 Å². The number of benzene rings is 2. The molecule has 29 heavy (non-hydrogen) atoms. The molecule has 2 aromatic rings. The van der Waals surface area contributed by atoms with Crippen LogP contribution in [0.4, 0.5) is 5.69 Å². The number of nitrogens with zero attached hydrogens (tertiary/aromatic N) is 1. The third kappa shape index (κ3) is 6.34. The Morgan fingerprint density at radius 3 is 2.31 bits per heavy atom. The van der Waals surface area contributed by atoms with Gasteiger partial charge in [-0.15, -0.1) is 11.8 Å². The van der Waals surface area contributed by atoms with Crippen molar-refractivity contribution in [2.45, 2.75) is 25.7 Å². The number of piperazine rings is 1. The minimum atomic E-state index is 0.0223. The number of thioether (sulfide) groups is 1. The normalized spacial score (nSPS) is 14.7. The molecule has 0 saturated carbocycles. The van der Waals surface area contributed by atoms with Gasteiger partial charge in [0, 0.05) is 10.6 Å². The molecule has 0 radical (unpaired) electrons. The van der Waals surface area contributed by atoms with Crippen molar-refractivity contribution in [3.05, 3.63) is 59.2 Å². The first-order chi connectivity index (χ1) is 13.9. The molecule has 154 valence electrons. The molecule has 1 heterocycles. The Morgan fingerprint density at radius 2 is 1.66 bits per heavy atom. The number of aryl methyl sites for hydroxylation is 3. The minimum absolute atomic E-state index is 0.0223. The summed E-state index contributed by atoms with van der Waals surface area (Å²) in [5.74, 6) is 0.666. The summed E-state index contributed by atoms with van der Waals surface area (Å²) in [5.41, 5.74) is 4.46. The Bertz CT molecular complexity index is 859. The molecule has 5 nitrogen and oxygen atoms in total. The van der Waals surface area contributed by atoms with Crippen molar-refractivity contribution in [3.63, 3.8) is 0 Å². The summed E-state index contributed by atoms with van der Waals surface area (Å²) in [6, 6.07) is 14.2. The topological polar surface area (TPSA) is 53.9 Å². The maximum absolute atomic E-state index is 12.6. The molecule has 1 fully saturated rings. The molecule has 6 heteroatoms. The summed E-state index contributed by atoms with van der Waals surface area (Å²) in [5, 5.41) is 2.95. The van der Waals surface area contributed by atoms with Gasteiger partial charge in [0.25, 0.3) is 5.91 Å². The minimum Gasteiger partial charge on any atom is -0.331 e. The van der Waals surface area contributed by atoms with Gasteiger partial charge in [-0.3, -0.25) is 9.59 Å². The maximum atomic E-state index is 12.6. The van der Waals surface area contributed by atoms with Crippen molar-refractivity contribution in [2.75, 3.05) is 43.8 Å². The molecule has 0 bridgehead atoms. The largest absolute Gasteiger partial charge is 0.331 e. The Morgan fingerprint density at radius 1 is 1.00 bits per heavy atom. The van der Waals surface area contributed by atoms with Crippen molar-refractivity contribution in [2.24, 2.45) is 0 Å². The van der Waals surface area contributed by atoms with Gasteiger partial charge in [-0.25, -0.2) is 0 Å². The van der Waals surface area contributed by atoms with Gasteiger partial charge < -0.3 is 15.1 Å². The Balaban J connectivity index is 1.40. The summed E-state index contributed by atoms with van der Waals surface area (Å²) in [6.07, 6.45) is 0. The molecule has 0 aliphatic carbocycles. The second-order valence-electron chi connectivity index (χ2n) is 7.78. The predicted octanol–water partition coefficient (Wildman–Crippen LogP) is 2.07. The van der Waals surface area contributed by atoms with Crippen LogP contribution in [-0.4, -0.2) is 55.2 Å². The van der Waals surface area contributed by atoms with Crippen LogP contribution < -0.4 is 10.2 Å². The first-order valence-corrected chi connectivity index (χ1v) is 11.1. The monoisotopic (exact) mass is 412 g/mol.